The number of anilines is 2. The van der Waals surface area contributed by atoms with Gasteiger partial charge in [-0.25, -0.2) is 9.07 Å². The molecule has 1 aliphatic carbocycles. The Kier molecular flexibility index (Phi) is 6.36. The highest BCUT2D eigenvalue weighted by Crippen LogP contribution is 2.38. The predicted molar refractivity (Wildman–Crippen MR) is 144 cm³/mol. The normalized spacial score (nSPS) is 15.1. The van der Waals surface area contributed by atoms with Crippen molar-refractivity contribution >= 4 is 47.6 Å². The van der Waals surface area contributed by atoms with E-state index in [1.54, 1.807) is 55.9 Å². The van der Waals surface area contributed by atoms with Gasteiger partial charge >= 0.3 is 0 Å². The number of aromatic nitrogens is 4. The molecule has 0 aliphatic heterocycles. The standard InChI is InChI=1S/C27H24BClFN7O/c1-26(2,3)25(38)33-23-15(12-31)13-32-24-20(23)10-18(11-21(24)29)34-27(28,16-4-6-17(30)7-5-16)22-14-37(36-35-22)19-8-9-19/h4-7,10-11,13-14,19,34H,8-9H2,1-3H3,(H,32,33,38)/t27-/m0/s1. The lowest BCUT2D eigenvalue weighted by atomic mass is 9.69. The Morgan fingerprint density at radius 1 is 1.24 bits per heavy atom. The van der Waals surface area contributed by atoms with Gasteiger partial charge in [-0.05, 0) is 42.7 Å². The van der Waals surface area contributed by atoms with E-state index >= 15 is 0 Å². The van der Waals surface area contributed by atoms with Crippen LogP contribution in [0.2, 0.25) is 5.02 Å². The number of benzene rings is 2. The summed E-state index contributed by atoms with van der Waals surface area (Å²) in [6.07, 6.45) is 5.19. The molecule has 0 saturated heterocycles. The fourth-order valence-electron chi connectivity index (χ4n) is 4.05. The van der Waals surface area contributed by atoms with E-state index in [-0.39, 0.29) is 22.5 Å². The lowest BCUT2D eigenvalue weighted by molar-refractivity contribution is -0.123. The van der Waals surface area contributed by atoms with Crippen molar-refractivity contribution in [1.29, 1.82) is 5.26 Å². The summed E-state index contributed by atoms with van der Waals surface area (Å²) < 4.78 is 15.6. The molecule has 1 saturated carbocycles. The van der Waals surface area contributed by atoms with Gasteiger partial charge in [0.05, 0.1) is 39.5 Å². The Balaban J connectivity index is 1.64. The van der Waals surface area contributed by atoms with Crippen molar-refractivity contribution in [3.8, 4) is 6.07 Å². The molecule has 190 valence electrons. The van der Waals surface area contributed by atoms with Crippen molar-refractivity contribution in [2.75, 3.05) is 10.6 Å². The Morgan fingerprint density at radius 2 is 1.95 bits per heavy atom. The maximum atomic E-state index is 13.8. The minimum Gasteiger partial charge on any atom is -0.378 e. The zero-order valence-corrected chi connectivity index (χ0v) is 21.8. The van der Waals surface area contributed by atoms with E-state index in [4.69, 9.17) is 19.4 Å². The fraction of sp³-hybridized carbons (Fsp3) is 0.296. The first-order chi connectivity index (χ1) is 18.0. The molecule has 1 fully saturated rings. The van der Waals surface area contributed by atoms with E-state index in [9.17, 15) is 14.4 Å². The van der Waals surface area contributed by atoms with Gasteiger partial charge in [-0.15, -0.1) is 5.10 Å². The van der Waals surface area contributed by atoms with Gasteiger partial charge in [0.2, 0.25) is 5.91 Å². The van der Waals surface area contributed by atoms with Crippen molar-refractivity contribution in [3.63, 3.8) is 0 Å². The lowest BCUT2D eigenvalue weighted by Crippen LogP contribution is -2.37. The second kappa shape index (κ2) is 9.41. The van der Waals surface area contributed by atoms with Gasteiger partial charge in [-0.2, -0.15) is 5.26 Å². The molecule has 11 heteroatoms. The molecule has 2 aromatic carbocycles. The average molecular weight is 528 g/mol. The number of halogens is 2. The summed E-state index contributed by atoms with van der Waals surface area (Å²) in [5.41, 5.74) is 0.223. The van der Waals surface area contributed by atoms with Crippen molar-refractivity contribution in [3.05, 3.63) is 76.5 Å². The minimum absolute atomic E-state index is 0.188. The number of nitrogens with zero attached hydrogens (tertiary/aromatic N) is 5. The van der Waals surface area contributed by atoms with Crippen LogP contribution < -0.4 is 10.6 Å². The molecule has 1 atom stereocenters. The van der Waals surface area contributed by atoms with Crippen LogP contribution >= 0.6 is 11.6 Å². The van der Waals surface area contributed by atoms with Gasteiger partial charge in [-0.1, -0.05) is 49.7 Å². The van der Waals surface area contributed by atoms with Crippen LogP contribution in [-0.4, -0.2) is 33.7 Å². The van der Waals surface area contributed by atoms with Gasteiger partial charge in [0.15, 0.2) is 0 Å². The highest BCUT2D eigenvalue weighted by Gasteiger charge is 2.34. The Hall–Kier alpha value is -3.97. The Morgan fingerprint density at radius 3 is 2.58 bits per heavy atom. The third kappa shape index (κ3) is 4.82. The van der Waals surface area contributed by atoms with Crippen molar-refractivity contribution in [2.24, 2.45) is 5.41 Å². The van der Waals surface area contributed by atoms with Gasteiger partial charge in [-0.3, -0.25) is 9.78 Å². The number of nitrogens with one attached hydrogen (secondary N) is 2. The SMILES string of the molecule is [B][C@](Nc1cc(Cl)c2ncc(C#N)c(NC(=O)C(C)(C)C)c2c1)(c1ccc(F)cc1)c1cn(C2CC2)nn1. The molecule has 2 N–H and O–H groups in total. The fourth-order valence-corrected chi connectivity index (χ4v) is 4.32. The van der Waals surface area contributed by atoms with Crippen LogP contribution in [0.1, 0.15) is 56.5 Å². The summed E-state index contributed by atoms with van der Waals surface area (Å²) in [4.78, 5) is 17.2. The van der Waals surface area contributed by atoms with Crippen LogP contribution in [0.3, 0.4) is 0 Å². The first-order valence-corrected chi connectivity index (χ1v) is 12.5. The second-order valence-electron chi connectivity index (χ2n) is 10.5. The largest absolute Gasteiger partial charge is 0.378 e. The molecule has 1 amide bonds. The molecular weight excluding hydrogens is 504 g/mol. The molecule has 2 radical (unpaired) electrons. The minimum atomic E-state index is -1.41. The molecular formula is C27H24BClFN7O. The van der Waals surface area contributed by atoms with E-state index in [2.05, 4.69) is 32.0 Å². The van der Waals surface area contributed by atoms with Crippen LogP contribution in [0.25, 0.3) is 10.9 Å². The number of hydrogen-bond donors (Lipinski definition) is 2. The van der Waals surface area contributed by atoms with Gasteiger partial charge in [0.1, 0.15) is 25.4 Å². The predicted octanol–water partition coefficient (Wildman–Crippen LogP) is 5.29. The molecule has 5 rings (SSSR count). The van der Waals surface area contributed by atoms with Gasteiger partial charge in [0, 0.05) is 22.7 Å². The zero-order chi connectivity index (χ0) is 27.2. The number of fused-ring (bicyclic) bond motifs is 1. The topological polar surface area (TPSA) is 109 Å². The second-order valence-corrected chi connectivity index (χ2v) is 10.9. The number of carbonyl (C=O) groups is 1. The quantitative estimate of drug-likeness (QED) is 0.330. The molecule has 38 heavy (non-hydrogen) atoms. The molecule has 0 spiro atoms. The number of pyridine rings is 1. The van der Waals surface area contributed by atoms with Crippen LogP contribution in [0.5, 0.6) is 0 Å². The van der Waals surface area contributed by atoms with E-state index < -0.39 is 16.7 Å². The average Bonchev–Trinajstić information content (AvgIpc) is 3.59. The van der Waals surface area contributed by atoms with Crippen molar-refractivity contribution in [2.45, 2.75) is 45.1 Å². The zero-order valence-electron chi connectivity index (χ0n) is 21.1. The summed E-state index contributed by atoms with van der Waals surface area (Å²) in [7, 11) is 6.95. The smallest absolute Gasteiger partial charge is 0.229 e. The molecule has 1 aliphatic rings. The Labute approximate surface area is 225 Å². The number of hydrogen-bond acceptors (Lipinski definition) is 6. The third-order valence-corrected chi connectivity index (χ3v) is 6.73. The highest BCUT2D eigenvalue weighted by molar-refractivity contribution is 6.36. The summed E-state index contributed by atoms with van der Waals surface area (Å²) in [6.45, 7) is 5.33. The molecule has 0 unspecified atom stereocenters. The number of carbonyl (C=O) groups excluding carboxylic acids is 1. The van der Waals surface area contributed by atoms with E-state index in [0.29, 0.717) is 33.5 Å². The summed E-state index contributed by atoms with van der Waals surface area (Å²) >= 11 is 6.63. The third-order valence-electron chi connectivity index (χ3n) is 6.44. The van der Waals surface area contributed by atoms with Crippen LogP contribution in [0, 0.1) is 22.6 Å². The molecule has 8 nitrogen and oxygen atoms in total. The first kappa shape index (κ1) is 25.7. The first-order valence-electron chi connectivity index (χ1n) is 12.1. The maximum absolute atomic E-state index is 13.8. The number of nitriles is 1. The van der Waals surface area contributed by atoms with Crippen LogP contribution in [0.15, 0.2) is 48.8 Å². The van der Waals surface area contributed by atoms with E-state index in [0.717, 1.165) is 12.8 Å². The van der Waals surface area contributed by atoms with E-state index in [1.807, 2.05) is 0 Å². The number of amides is 1. The van der Waals surface area contributed by atoms with Crippen LogP contribution in [0.4, 0.5) is 15.8 Å². The molecule has 4 aromatic rings. The van der Waals surface area contributed by atoms with Crippen molar-refractivity contribution in [1.82, 2.24) is 20.0 Å². The maximum Gasteiger partial charge on any atom is 0.229 e. The monoisotopic (exact) mass is 527 g/mol. The molecule has 0 bridgehead atoms. The van der Waals surface area contributed by atoms with Crippen LogP contribution in [-0.2, 0) is 10.2 Å². The Bertz CT molecular complexity index is 1590. The molecule has 2 heterocycles. The lowest BCUT2D eigenvalue weighted by Gasteiger charge is -2.32. The van der Waals surface area contributed by atoms with E-state index in [1.165, 1.54) is 18.3 Å². The van der Waals surface area contributed by atoms with Gasteiger partial charge < -0.3 is 10.6 Å². The molecule has 2 aromatic heterocycles. The number of rotatable bonds is 6. The van der Waals surface area contributed by atoms with Gasteiger partial charge in [0.25, 0.3) is 0 Å². The summed E-state index contributed by atoms with van der Waals surface area (Å²) in [5, 5.41) is 25.2. The highest BCUT2D eigenvalue weighted by atomic mass is 35.5. The summed E-state index contributed by atoms with van der Waals surface area (Å²) in [6, 6.07) is 11.5. The summed E-state index contributed by atoms with van der Waals surface area (Å²) in [5.74, 6) is -0.673. The van der Waals surface area contributed by atoms with Crippen molar-refractivity contribution < 1.29 is 9.18 Å².